The van der Waals surface area contributed by atoms with E-state index in [1.54, 1.807) is 19.1 Å². The zero-order valence-electron chi connectivity index (χ0n) is 16.4. The Morgan fingerprint density at radius 3 is 2.71 bits per heavy atom. The molecule has 1 aliphatic heterocycles. The van der Waals surface area contributed by atoms with Gasteiger partial charge in [0.25, 0.3) is 0 Å². The molecule has 0 N–H and O–H groups in total. The van der Waals surface area contributed by atoms with Gasteiger partial charge in [0.05, 0.1) is 6.54 Å². The molecule has 4 rings (SSSR count). The Morgan fingerprint density at radius 1 is 1.29 bits per heavy atom. The van der Waals surface area contributed by atoms with E-state index in [4.69, 9.17) is 4.74 Å². The van der Waals surface area contributed by atoms with Crippen LogP contribution in [0.5, 0.6) is 5.88 Å². The highest BCUT2D eigenvalue weighted by Crippen LogP contribution is 2.33. The fourth-order valence-electron chi connectivity index (χ4n) is 3.42. The minimum absolute atomic E-state index is 0.193. The maximum atomic E-state index is 13.0. The van der Waals surface area contributed by atoms with E-state index in [1.165, 1.54) is 22.6 Å². The van der Waals surface area contributed by atoms with Crippen molar-refractivity contribution >= 4 is 10.0 Å². The summed E-state index contributed by atoms with van der Waals surface area (Å²) in [5.74, 6) is -1.46. The zero-order chi connectivity index (χ0) is 22.3. The van der Waals surface area contributed by atoms with E-state index >= 15 is 0 Å². The van der Waals surface area contributed by atoms with E-state index in [0.29, 0.717) is 19.4 Å². The first kappa shape index (κ1) is 21.5. The summed E-state index contributed by atoms with van der Waals surface area (Å²) in [6, 6.07) is 2.92. The van der Waals surface area contributed by atoms with Gasteiger partial charge in [0.2, 0.25) is 21.7 Å². The molecule has 2 aromatic rings. The summed E-state index contributed by atoms with van der Waals surface area (Å²) in [5.41, 5.74) is 0.229. The summed E-state index contributed by atoms with van der Waals surface area (Å²) in [7, 11) is -3.56. The molecule has 0 saturated carbocycles. The van der Waals surface area contributed by atoms with Crippen LogP contribution in [0.15, 0.2) is 47.2 Å². The van der Waals surface area contributed by atoms with E-state index in [9.17, 15) is 21.6 Å². The topological polar surface area (TPSA) is 98.4 Å². The first-order chi connectivity index (χ1) is 14.6. The lowest BCUT2D eigenvalue weighted by molar-refractivity contribution is -0.159. The lowest BCUT2D eigenvalue weighted by atomic mass is 10.0. The molecule has 2 aliphatic rings. The third-order valence-electron chi connectivity index (χ3n) is 5.21. The minimum atomic E-state index is -4.73. The number of aromatic nitrogens is 3. The zero-order valence-corrected chi connectivity index (χ0v) is 17.2. The van der Waals surface area contributed by atoms with Gasteiger partial charge in [0, 0.05) is 24.4 Å². The predicted octanol–water partition coefficient (Wildman–Crippen LogP) is 3.21. The van der Waals surface area contributed by atoms with Crippen LogP contribution in [0.4, 0.5) is 13.2 Å². The summed E-state index contributed by atoms with van der Waals surface area (Å²) >= 11 is 0. The number of nitrogens with zero attached hydrogens (tertiary/aromatic N) is 4. The summed E-state index contributed by atoms with van der Waals surface area (Å²) in [6.07, 6.45) is 4.14. The highest BCUT2D eigenvalue weighted by atomic mass is 32.2. The Labute approximate surface area is 176 Å². The van der Waals surface area contributed by atoms with Crippen LogP contribution in [0.2, 0.25) is 0 Å². The Bertz CT molecular complexity index is 1110. The van der Waals surface area contributed by atoms with Gasteiger partial charge in [-0.05, 0) is 25.8 Å². The molecule has 12 heteroatoms. The first-order valence-corrected chi connectivity index (χ1v) is 10.9. The van der Waals surface area contributed by atoms with Crippen LogP contribution in [-0.2, 0) is 16.2 Å². The number of allylic oxidation sites excluding steroid dienone is 3. The summed E-state index contributed by atoms with van der Waals surface area (Å²) in [6.45, 7) is 2.22. The molecule has 166 valence electrons. The fraction of sp³-hybridized carbons (Fsp3) is 0.421. The molecule has 2 aromatic heterocycles. The van der Waals surface area contributed by atoms with Gasteiger partial charge < -0.3 is 9.26 Å². The van der Waals surface area contributed by atoms with E-state index in [2.05, 4.69) is 19.6 Å². The van der Waals surface area contributed by atoms with Gasteiger partial charge in [0.1, 0.15) is 10.9 Å². The number of hydrogen-bond acceptors (Lipinski definition) is 7. The lowest BCUT2D eigenvalue weighted by Gasteiger charge is -2.31. The molecule has 1 aliphatic carbocycles. The molecule has 0 aromatic carbocycles. The lowest BCUT2D eigenvalue weighted by Crippen LogP contribution is -2.45. The van der Waals surface area contributed by atoms with Crippen LogP contribution < -0.4 is 4.74 Å². The first-order valence-electron chi connectivity index (χ1n) is 9.46. The number of sulfonamides is 1. The van der Waals surface area contributed by atoms with E-state index in [0.717, 1.165) is 0 Å². The Morgan fingerprint density at radius 2 is 2.10 bits per heavy atom. The predicted molar refractivity (Wildman–Crippen MR) is 103 cm³/mol. The van der Waals surface area contributed by atoms with Gasteiger partial charge in [-0.2, -0.15) is 22.5 Å². The van der Waals surface area contributed by atoms with Crippen LogP contribution in [0, 0.1) is 0 Å². The maximum absolute atomic E-state index is 13.0. The highest BCUT2D eigenvalue weighted by molar-refractivity contribution is 7.90. The fourth-order valence-corrected chi connectivity index (χ4v) is 5.27. The number of pyridine rings is 1. The highest BCUT2D eigenvalue weighted by Gasteiger charge is 2.44. The summed E-state index contributed by atoms with van der Waals surface area (Å²) < 4.78 is 74.3. The molecule has 0 bridgehead atoms. The third kappa shape index (κ3) is 4.22. The molecule has 0 amide bonds. The van der Waals surface area contributed by atoms with Crippen molar-refractivity contribution in [2.75, 3.05) is 13.1 Å². The van der Waals surface area contributed by atoms with Crippen molar-refractivity contribution in [2.45, 2.75) is 36.8 Å². The molecule has 2 atom stereocenters. The monoisotopic (exact) mass is 456 g/mol. The van der Waals surface area contributed by atoms with E-state index < -0.39 is 26.8 Å². The average molecular weight is 456 g/mol. The van der Waals surface area contributed by atoms with Crippen molar-refractivity contribution in [1.29, 1.82) is 0 Å². The van der Waals surface area contributed by atoms with Gasteiger partial charge in [-0.1, -0.05) is 29.5 Å². The minimum Gasteiger partial charge on any atom is -0.473 e. The van der Waals surface area contributed by atoms with Gasteiger partial charge >= 0.3 is 12.1 Å². The standard InChI is InChI=1S/C19H19F3N4O4S/c1-18(8-3-2-4-9-18)31(27,28)26-10-7-14(12-26)29-15-6-5-13(11-23-15)16-24-17(30-25-16)19(20,21)22/h2-6,8,11,14H,7,9-10,12H2,1H3. The third-order valence-corrected chi connectivity index (χ3v) is 7.70. The number of ether oxygens (including phenoxy) is 1. The summed E-state index contributed by atoms with van der Waals surface area (Å²) in [4.78, 5) is 7.37. The van der Waals surface area contributed by atoms with Crippen LogP contribution >= 0.6 is 0 Å². The number of hydrogen-bond donors (Lipinski definition) is 0. The molecular formula is C19H19F3N4O4S. The largest absolute Gasteiger partial charge is 0.473 e. The van der Waals surface area contributed by atoms with Crippen LogP contribution in [0.25, 0.3) is 11.4 Å². The molecular weight excluding hydrogens is 437 g/mol. The van der Waals surface area contributed by atoms with Crippen molar-refractivity contribution in [3.63, 3.8) is 0 Å². The molecule has 2 unspecified atom stereocenters. The second kappa shape index (κ2) is 7.75. The van der Waals surface area contributed by atoms with Crippen molar-refractivity contribution in [2.24, 2.45) is 0 Å². The Balaban J connectivity index is 1.40. The molecule has 3 heterocycles. The van der Waals surface area contributed by atoms with Gasteiger partial charge in [-0.3, -0.25) is 0 Å². The molecule has 1 saturated heterocycles. The SMILES string of the molecule is CC1(S(=O)(=O)N2CCC(Oc3ccc(-c4noc(C(F)(F)F)n4)cn3)C2)C=CC=CC1. The second-order valence-corrected chi connectivity index (χ2v) is 9.90. The molecule has 0 spiro atoms. The number of halogens is 3. The van der Waals surface area contributed by atoms with Gasteiger partial charge in [-0.25, -0.2) is 13.4 Å². The van der Waals surface area contributed by atoms with Crippen molar-refractivity contribution in [3.05, 3.63) is 48.5 Å². The molecule has 0 radical (unpaired) electrons. The molecule has 31 heavy (non-hydrogen) atoms. The summed E-state index contributed by atoms with van der Waals surface area (Å²) in [5, 5.41) is 3.30. The quantitative estimate of drug-likeness (QED) is 0.681. The van der Waals surface area contributed by atoms with E-state index in [-0.39, 0.29) is 29.9 Å². The second-order valence-electron chi connectivity index (χ2n) is 7.50. The number of rotatable bonds is 5. The Hall–Kier alpha value is -2.73. The van der Waals surface area contributed by atoms with Gasteiger partial charge in [0.15, 0.2) is 0 Å². The Kier molecular flexibility index (Phi) is 5.38. The smallest absolute Gasteiger partial charge is 0.471 e. The normalized spacial score (nSPS) is 24.6. The molecule has 8 nitrogen and oxygen atoms in total. The number of alkyl halides is 3. The van der Waals surface area contributed by atoms with Crippen LogP contribution in [-0.4, -0.2) is 51.8 Å². The average Bonchev–Trinajstić information content (AvgIpc) is 3.39. The van der Waals surface area contributed by atoms with Crippen molar-refractivity contribution < 1.29 is 30.8 Å². The van der Waals surface area contributed by atoms with Crippen LogP contribution in [0.1, 0.15) is 25.7 Å². The van der Waals surface area contributed by atoms with Gasteiger partial charge in [-0.15, -0.1) is 0 Å². The maximum Gasteiger partial charge on any atom is 0.471 e. The molecule has 1 fully saturated rings. The van der Waals surface area contributed by atoms with Crippen molar-refractivity contribution in [3.8, 4) is 17.3 Å². The van der Waals surface area contributed by atoms with E-state index in [1.807, 2.05) is 12.2 Å². The van der Waals surface area contributed by atoms with Crippen LogP contribution in [0.3, 0.4) is 0 Å². The van der Waals surface area contributed by atoms with Crippen molar-refractivity contribution in [1.82, 2.24) is 19.4 Å².